The molecule has 0 aromatic rings. The Hall–Kier alpha value is -0.0800. The van der Waals surface area contributed by atoms with Crippen LogP contribution in [0.2, 0.25) is 0 Å². The summed E-state index contributed by atoms with van der Waals surface area (Å²) in [7, 11) is 0. The summed E-state index contributed by atoms with van der Waals surface area (Å²) in [6.07, 6.45) is 2.62. The minimum atomic E-state index is 0.462. The van der Waals surface area contributed by atoms with Crippen molar-refractivity contribution in [2.45, 2.75) is 32.7 Å². The fraction of sp³-hybridized carbons (Fsp3) is 1.00. The van der Waals surface area contributed by atoms with Gasteiger partial charge >= 0.3 is 0 Å². The van der Waals surface area contributed by atoms with Crippen molar-refractivity contribution in [1.29, 1.82) is 0 Å². The highest BCUT2D eigenvalue weighted by atomic mass is 15.2. The van der Waals surface area contributed by atoms with Crippen LogP contribution in [0.15, 0.2) is 0 Å². The van der Waals surface area contributed by atoms with Gasteiger partial charge in [0.05, 0.1) is 0 Å². The Balaban J connectivity index is 2.09. The van der Waals surface area contributed by atoms with Gasteiger partial charge in [-0.15, -0.1) is 0 Å². The van der Waals surface area contributed by atoms with Crippen LogP contribution < -0.4 is 5.73 Å². The molecule has 1 aliphatic heterocycles. The minimum absolute atomic E-state index is 0.462. The van der Waals surface area contributed by atoms with Crippen LogP contribution in [0.25, 0.3) is 0 Å². The Labute approximate surface area is 69.8 Å². The van der Waals surface area contributed by atoms with Crippen LogP contribution >= 0.6 is 0 Å². The van der Waals surface area contributed by atoms with Crippen LogP contribution in [0.1, 0.15) is 26.7 Å². The SMILES string of the molecule is CCC(CC)CN1CC(N)C1. The lowest BCUT2D eigenvalue weighted by atomic mass is 10.00. The van der Waals surface area contributed by atoms with Gasteiger partial charge in [0.15, 0.2) is 0 Å². The zero-order valence-corrected chi connectivity index (χ0v) is 7.71. The first-order chi connectivity index (χ1) is 5.26. The van der Waals surface area contributed by atoms with Crippen molar-refractivity contribution >= 4 is 0 Å². The molecule has 66 valence electrons. The third-order valence-corrected chi connectivity index (χ3v) is 2.66. The molecule has 0 radical (unpaired) electrons. The highest BCUT2D eigenvalue weighted by Crippen LogP contribution is 2.14. The Morgan fingerprint density at radius 2 is 1.91 bits per heavy atom. The summed E-state index contributed by atoms with van der Waals surface area (Å²) in [6, 6.07) is 0.462. The molecule has 1 rings (SSSR count). The number of nitrogens with two attached hydrogens (primary N) is 1. The molecule has 0 saturated carbocycles. The van der Waals surface area contributed by atoms with Gasteiger partial charge in [-0.1, -0.05) is 26.7 Å². The molecule has 2 heteroatoms. The van der Waals surface area contributed by atoms with Crippen molar-refractivity contribution in [2.75, 3.05) is 19.6 Å². The van der Waals surface area contributed by atoms with Crippen molar-refractivity contribution < 1.29 is 0 Å². The van der Waals surface area contributed by atoms with Gasteiger partial charge in [0.1, 0.15) is 0 Å². The molecule has 1 heterocycles. The molecule has 0 bridgehead atoms. The van der Waals surface area contributed by atoms with Crippen molar-refractivity contribution in [3.8, 4) is 0 Å². The van der Waals surface area contributed by atoms with Crippen LogP contribution in [0, 0.1) is 5.92 Å². The van der Waals surface area contributed by atoms with Gasteiger partial charge in [-0.3, -0.25) is 4.90 Å². The van der Waals surface area contributed by atoms with Crippen molar-refractivity contribution in [2.24, 2.45) is 11.7 Å². The third kappa shape index (κ3) is 2.46. The van der Waals surface area contributed by atoms with E-state index in [1.54, 1.807) is 0 Å². The second kappa shape index (κ2) is 4.07. The summed E-state index contributed by atoms with van der Waals surface area (Å²) in [5.74, 6) is 0.891. The standard InChI is InChI=1S/C9H20N2/c1-3-8(4-2)5-11-6-9(10)7-11/h8-9H,3-7,10H2,1-2H3. The smallest absolute Gasteiger partial charge is 0.0297 e. The average Bonchev–Trinajstić information content (AvgIpc) is 1.96. The van der Waals surface area contributed by atoms with E-state index in [1.165, 1.54) is 19.4 Å². The quantitative estimate of drug-likeness (QED) is 0.659. The topological polar surface area (TPSA) is 29.3 Å². The monoisotopic (exact) mass is 156 g/mol. The Morgan fingerprint density at radius 3 is 2.27 bits per heavy atom. The van der Waals surface area contributed by atoms with Crippen LogP contribution in [-0.2, 0) is 0 Å². The van der Waals surface area contributed by atoms with Crippen LogP contribution in [0.3, 0.4) is 0 Å². The molecule has 11 heavy (non-hydrogen) atoms. The summed E-state index contributed by atoms with van der Waals surface area (Å²) in [5, 5.41) is 0. The summed E-state index contributed by atoms with van der Waals surface area (Å²) < 4.78 is 0. The summed E-state index contributed by atoms with van der Waals surface area (Å²) in [6.45, 7) is 8.05. The first kappa shape index (κ1) is 9.01. The summed E-state index contributed by atoms with van der Waals surface area (Å²) >= 11 is 0. The van der Waals surface area contributed by atoms with Gasteiger partial charge in [-0.25, -0.2) is 0 Å². The fourth-order valence-electron chi connectivity index (χ4n) is 1.67. The molecule has 1 fully saturated rings. The first-order valence-corrected chi connectivity index (χ1v) is 4.74. The van der Waals surface area contributed by atoms with Crippen molar-refractivity contribution in [3.63, 3.8) is 0 Å². The Bertz CT molecular complexity index is 104. The van der Waals surface area contributed by atoms with Crippen LogP contribution in [0.5, 0.6) is 0 Å². The number of hydrogen-bond donors (Lipinski definition) is 1. The van der Waals surface area contributed by atoms with Gasteiger partial charge in [-0.2, -0.15) is 0 Å². The second-order valence-electron chi connectivity index (χ2n) is 3.66. The summed E-state index contributed by atoms with van der Waals surface area (Å²) in [5.41, 5.74) is 5.69. The van der Waals surface area contributed by atoms with Gasteiger partial charge in [0, 0.05) is 25.7 Å². The van der Waals surface area contributed by atoms with Crippen molar-refractivity contribution in [1.82, 2.24) is 4.90 Å². The van der Waals surface area contributed by atoms with E-state index < -0.39 is 0 Å². The third-order valence-electron chi connectivity index (χ3n) is 2.66. The lowest BCUT2D eigenvalue weighted by molar-refractivity contribution is 0.123. The summed E-state index contributed by atoms with van der Waals surface area (Å²) in [4.78, 5) is 2.46. The molecule has 1 saturated heterocycles. The zero-order valence-electron chi connectivity index (χ0n) is 7.71. The molecule has 0 unspecified atom stereocenters. The molecular formula is C9H20N2. The maximum atomic E-state index is 5.69. The highest BCUT2D eigenvalue weighted by Gasteiger charge is 2.23. The van der Waals surface area contributed by atoms with E-state index in [9.17, 15) is 0 Å². The van der Waals surface area contributed by atoms with Gasteiger partial charge in [-0.05, 0) is 5.92 Å². The number of hydrogen-bond acceptors (Lipinski definition) is 2. The van der Waals surface area contributed by atoms with Gasteiger partial charge in [0.2, 0.25) is 0 Å². The highest BCUT2D eigenvalue weighted by molar-refractivity contribution is 4.83. The maximum absolute atomic E-state index is 5.69. The molecule has 2 N–H and O–H groups in total. The second-order valence-corrected chi connectivity index (χ2v) is 3.66. The predicted octanol–water partition coefficient (Wildman–Crippen LogP) is 1.07. The molecule has 0 amide bonds. The molecule has 1 aliphatic rings. The average molecular weight is 156 g/mol. The van der Waals surface area contributed by atoms with Crippen LogP contribution in [-0.4, -0.2) is 30.6 Å². The van der Waals surface area contributed by atoms with Gasteiger partial charge in [0.25, 0.3) is 0 Å². The molecule has 0 aromatic carbocycles. The maximum Gasteiger partial charge on any atom is 0.0297 e. The van der Waals surface area contributed by atoms with E-state index >= 15 is 0 Å². The van der Waals surface area contributed by atoms with Crippen LogP contribution in [0.4, 0.5) is 0 Å². The first-order valence-electron chi connectivity index (χ1n) is 4.74. The fourth-order valence-corrected chi connectivity index (χ4v) is 1.67. The molecule has 2 nitrogen and oxygen atoms in total. The lowest BCUT2D eigenvalue weighted by Crippen LogP contribution is -2.56. The molecule has 0 atom stereocenters. The minimum Gasteiger partial charge on any atom is -0.325 e. The largest absolute Gasteiger partial charge is 0.325 e. The number of likely N-dealkylation sites (tertiary alicyclic amines) is 1. The van der Waals surface area contributed by atoms with Gasteiger partial charge < -0.3 is 5.73 Å². The van der Waals surface area contributed by atoms with E-state index in [2.05, 4.69) is 18.7 Å². The van der Waals surface area contributed by atoms with E-state index in [-0.39, 0.29) is 0 Å². The van der Waals surface area contributed by atoms with Crippen molar-refractivity contribution in [3.05, 3.63) is 0 Å². The lowest BCUT2D eigenvalue weighted by Gasteiger charge is -2.38. The predicted molar refractivity (Wildman–Crippen MR) is 48.5 cm³/mol. The molecular weight excluding hydrogens is 136 g/mol. The molecule has 0 aliphatic carbocycles. The van der Waals surface area contributed by atoms with E-state index in [0.29, 0.717) is 6.04 Å². The zero-order chi connectivity index (χ0) is 8.27. The van der Waals surface area contributed by atoms with E-state index in [1.807, 2.05) is 0 Å². The Morgan fingerprint density at radius 1 is 1.36 bits per heavy atom. The number of rotatable bonds is 4. The molecule has 0 aromatic heterocycles. The Kier molecular flexibility index (Phi) is 3.34. The van der Waals surface area contributed by atoms with E-state index in [0.717, 1.165) is 19.0 Å². The molecule has 0 spiro atoms. The normalized spacial score (nSPS) is 20.7. The number of nitrogens with zero attached hydrogens (tertiary/aromatic N) is 1. The van der Waals surface area contributed by atoms with E-state index in [4.69, 9.17) is 5.73 Å².